The molecule has 0 aliphatic carbocycles. The predicted octanol–water partition coefficient (Wildman–Crippen LogP) is 4.51. The van der Waals surface area contributed by atoms with Crippen LogP contribution in [-0.4, -0.2) is 21.6 Å². The zero-order valence-electron chi connectivity index (χ0n) is 14.5. The lowest BCUT2D eigenvalue weighted by molar-refractivity contribution is -0.121. The van der Waals surface area contributed by atoms with E-state index in [0.717, 1.165) is 5.56 Å². The molecular weight excluding hydrogens is 419 g/mol. The van der Waals surface area contributed by atoms with E-state index < -0.39 is 11.3 Å². The van der Waals surface area contributed by atoms with Crippen LogP contribution in [0.15, 0.2) is 28.2 Å². The van der Waals surface area contributed by atoms with Gasteiger partial charge in [0.15, 0.2) is 5.16 Å². The summed E-state index contributed by atoms with van der Waals surface area (Å²) in [5, 5.41) is 3.60. The standard InChI is InChI=1S/C17H17Cl2F2N3O2S/c1-8(11-4-3-10(18)7-13(11)19)22-14(25)6-5-12-9(2)23-17(24-15(12)26)27-16(20)21/h3-4,7-8,16H,5-6H2,1-2H3,(H,22,25)(H,23,24,26). The molecule has 2 N–H and O–H groups in total. The van der Waals surface area contributed by atoms with E-state index >= 15 is 0 Å². The summed E-state index contributed by atoms with van der Waals surface area (Å²) in [6.45, 7) is 3.33. The molecule has 1 unspecified atom stereocenters. The Labute approximate surface area is 168 Å². The number of benzene rings is 1. The number of thioether (sulfide) groups is 1. The average molecular weight is 436 g/mol. The predicted molar refractivity (Wildman–Crippen MR) is 103 cm³/mol. The number of hydrogen-bond acceptors (Lipinski definition) is 4. The minimum atomic E-state index is -2.68. The molecule has 0 spiro atoms. The molecule has 27 heavy (non-hydrogen) atoms. The van der Waals surface area contributed by atoms with Crippen LogP contribution in [0.4, 0.5) is 8.78 Å². The fourth-order valence-corrected chi connectivity index (χ4v) is 3.58. The molecule has 2 rings (SSSR count). The van der Waals surface area contributed by atoms with Crippen molar-refractivity contribution >= 4 is 40.9 Å². The summed E-state index contributed by atoms with van der Waals surface area (Å²) in [7, 11) is 0. The van der Waals surface area contributed by atoms with Gasteiger partial charge in [0.2, 0.25) is 5.91 Å². The third-order valence-electron chi connectivity index (χ3n) is 3.81. The molecule has 0 bridgehead atoms. The van der Waals surface area contributed by atoms with Crippen molar-refractivity contribution in [2.24, 2.45) is 0 Å². The second-order valence-electron chi connectivity index (χ2n) is 5.77. The van der Waals surface area contributed by atoms with Gasteiger partial charge in [0.1, 0.15) is 0 Å². The number of carbonyl (C=O) groups is 1. The lowest BCUT2D eigenvalue weighted by atomic mass is 10.1. The first-order chi connectivity index (χ1) is 12.7. The number of aromatic nitrogens is 2. The fourth-order valence-electron chi connectivity index (χ4n) is 2.50. The minimum Gasteiger partial charge on any atom is -0.350 e. The van der Waals surface area contributed by atoms with Gasteiger partial charge in [-0.05, 0) is 49.7 Å². The van der Waals surface area contributed by atoms with Crippen LogP contribution in [0.3, 0.4) is 0 Å². The number of carbonyl (C=O) groups excluding carboxylic acids is 1. The zero-order chi connectivity index (χ0) is 20.1. The Morgan fingerprint density at radius 1 is 1.37 bits per heavy atom. The van der Waals surface area contributed by atoms with Crippen LogP contribution in [-0.2, 0) is 11.2 Å². The number of aromatic amines is 1. The second kappa shape index (κ2) is 9.52. The Kier molecular flexibility index (Phi) is 7.64. The third-order valence-corrected chi connectivity index (χ3v) is 4.97. The lowest BCUT2D eigenvalue weighted by Gasteiger charge is -2.16. The number of nitrogens with one attached hydrogen (secondary N) is 2. The molecule has 10 heteroatoms. The summed E-state index contributed by atoms with van der Waals surface area (Å²) in [4.78, 5) is 30.5. The van der Waals surface area contributed by atoms with Crippen molar-refractivity contribution < 1.29 is 13.6 Å². The van der Waals surface area contributed by atoms with Crippen LogP contribution >= 0.6 is 35.0 Å². The maximum absolute atomic E-state index is 12.4. The molecule has 1 aromatic carbocycles. The van der Waals surface area contributed by atoms with Gasteiger partial charge < -0.3 is 10.3 Å². The van der Waals surface area contributed by atoms with Crippen LogP contribution in [0.2, 0.25) is 10.0 Å². The molecule has 5 nitrogen and oxygen atoms in total. The van der Waals surface area contributed by atoms with E-state index in [0.29, 0.717) is 21.3 Å². The first kappa shape index (κ1) is 21.7. The van der Waals surface area contributed by atoms with Gasteiger partial charge in [0.05, 0.1) is 6.04 Å². The van der Waals surface area contributed by atoms with E-state index in [4.69, 9.17) is 23.2 Å². The van der Waals surface area contributed by atoms with Crippen LogP contribution in [0.1, 0.15) is 36.2 Å². The summed E-state index contributed by atoms with van der Waals surface area (Å²) >= 11 is 12.2. The quantitative estimate of drug-likeness (QED) is 0.495. The van der Waals surface area contributed by atoms with E-state index in [1.54, 1.807) is 32.0 Å². The SMILES string of the molecule is Cc1nc(SC(F)F)[nH]c(=O)c1CCC(=O)NC(C)c1ccc(Cl)cc1Cl. The molecule has 1 atom stereocenters. The highest BCUT2D eigenvalue weighted by molar-refractivity contribution is 7.99. The molecular formula is C17H17Cl2F2N3O2S. The first-order valence-electron chi connectivity index (χ1n) is 7.96. The second-order valence-corrected chi connectivity index (χ2v) is 7.59. The first-order valence-corrected chi connectivity index (χ1v) is 9.60. The maximum Gasteiger partial charge on any atom is 0.291 e. The Bertz CT molecular complexity index is 893. The molecule has 0 fully saturated rings. The summed E-state index contributed by atoms with van der Waals surface area (Å²) in [6.07, 6.45) is 0.184. The van der Waals surface area contributed by atoms with Gasteiger partial charge in [-0.25, -0.2) is 4.98 Å². The van der Waals surface area contributed by atoms with Gasteiger partial charge in [-0.15, -0.1) is 0 Å². The number of halogens is 4. The van der Waals surface area contributed by atoms with Gasteiger partial charge >= 0.3 is 0 Å². The monoisotopic (exact) mass is 435 g/mol. The van der Waals surface area contributed by atoms with Crippen molar-refractivity contribution in [2.45, 2.75) is 43.6 Å². The molecule has 1 aromatic heterocycles. The molecule has 2 aromatic rings. The van der Waals surface area contributed by atoms with Gasteiger partial charge in [-0.1, -0.05) is 29.3 Å². The molecule has 0 aliphatic heterocycles. The van der Waals surface area contributed by atoms with Gasteiger partial charge in [0, 0.05) is 27.7 Å². The van der Waals surface area contributed by atoms with Crippen molar-refractivity contribution in [1.82, 2.24) is 15.3 Å². The van der Waals surface area contributed by atoms with Gasteiger partial charge in [-0.2, -0.15) is 8.78 Å². The fraction of sp³-hybridized carbons (Fsp3) is 0.353. The summed E-state index contributed by atoms with van der Waals surface area (Å²) in [5.41, 5.74) is 0.815. The van der Waals surface area contributed by atoms with Gasteiger partial charge in [0.25, 0.3) is 11.3 Å². The molecule has 1 amide bonds. The number of rotatable bonds is 7. The van der Waals surface area contributed by atoms with Crippen molar-refractivity contribution in [3.63, 3.8) is 0 Å². The van der Waals surface area contributed by atoms with E-state index in [1.165, 1.54) is 0 Å². The summed E-state index contributed by atoms with van der Waals surface area (Å²) in [5.74, 6) is -2.95. The smallest absolute Gasteiger partial charge is 0.291 e. The summed E-state index contributed by atoms with van der Waals surface area (Å²) < 4.78 is 24.8. The molecule has 1 heterocycles. The molecule has 0 radical (unpaired) electrons. The Balaban J connectivity index is 2.00. The highest BCUT2D eigenvalue weighted by Crippen LogP contribution is 2.26. The van der Waals surface area contributed by atoms with Gasteiger partial charge in [-0.3, -0.25) is 9.59 Å². The minimum absolute atomic E-state index is 0.0441. The maximum atomic E-state index is 12.4. The molecule has 0 saturated heterocycles. The summed E-state index contributed by atoms with van der Waals surface area (Å²) in [6, 6.07) is 4.66. The number of alkyl halides is 2. The topological polar surface area (TPSA) is 74.8 Å². The Morgan fingerprint density at radius 3 is 2.67 bits per heavy atom. The lowest BCUT2D eigenvalue weighted by Crippen LogP contribution is -2.28. The van der Waals surface area contributed by atoms with Crippen LogP contribution in [0.5, 0.6) is 0 Å². The van der Waals surface area contributed by atoms with E-state index in [9.17, 15) is 18.4 Å². The normalized spacial score (nSPS) is 12.3. The Morgan fingerprint density at radius 2 is 2.07 bits per heavy atom. The van der Waals surface area contributed by atoms with E-state index in [-0.39, 0.29) is 41.7 Å². The largest absolute Gasteiger partial charge is 0.350 e. The highest BCUT2D eigenvalue weighted by Gasteiger charge is 2.16. The number of hydrogen-bond donors (Lipinski definition) is 2. The molecule has 146 valence electrons. The number of amides is 1. The van der Waals surface area contributed by atoms with E-state index in [2.05, 4.69) is 15.3 Å². The number of nitrogens with zero attached hydrogens (tertiary/aromatic N) is 1. The third kappa shape index (κ3) is 6.19. The Hall–Kier alpha value is -1.64. The van der Waals surface area contributed by atoms with Crippen LogP contribution in [0, 0.1) is 6.92 Å². The zero-order valence-corrected chi connectivity index (χ0v) is 16.8. The highest BCUT2D eigenvalue weighted by atomic mass is 35.5. The number of H-pyrrole nitrogens is 1. The van der Waals surface area contributed by atoms with Crippen molar-refractivity contribution in [3.8, 4) is 0 Å². The average Bonchev–Trinajstić information content (AvgIpc) is 2.53. The molecule has 0 saturated carbocycles. The van der Waals surface area contributed by atoms with Crippen molar-refractivity contribution in [2.75, 3.05) is 0 Å². The van der Waals surface area contributed by atoms with Crippen molar-refractivity contribution in [3.05, 3.63) is 55.4 Å². The van der Waals surface area contributed by atoms with E-state index in [1.807, 2.05) is 0 Å². The van der Waals surface area contributed by atoms with Crippen LogP contribution < -0.4 is 10.9 Å². The van der Waals surface area contributed by atoms with Crippen molar-refractivity contribution in [1.29, 1.82) is 0 Å². The number of aryl methyl sites for hydroxylation is 1. The molecule has 0 aliphatic rings. The van der Waals surface area contributed by atoms with Crippen LogP contribution in [0.25, 0.3) is 0 Å².